The Morgan fingerprint density at radius 2 is 1.61 bits per heavy atom. The highest BCUT2D eigenvalue weighted by Gasteiger charge is 2.17. The molecule has 0 bridgehead atoms. The molecule has 0 saturated carbocycles. The van der Waals surface area contributed by atoms with Gasteiger partial charge in [-0.25, -0.2) is 4.39 Å². The Balaban J connectivity index is 1.72. The summed E-state index contributed by atoms with van der Waals surface area (Å²) in [5, 5.41) is 9.55. The molecule has 4 nitrogen and oxygen atoms in total. The largest absolute Gasteiger partial charge is 0.496 e. The zero-order valence-corrected chi connectivity index (χ0v) is 16.1. The molecular formula is C22H18FN3OS. The number of nitrogens with zero attached hydrogens (tertiary/aromatic N) is 3. The summed E-state index contributed by atoms with van der Waals surface area (Å²) < 4.78 is 20.8. The van der Waals surface area contributed by atoms with Crippen molar-refractivity contribution in [2.24, 2.45) is 0 Å². The van der Waals surface area contributed by atoms with E-state index in [0.29, 0.717) is 11.6 Å². The van der Waals surface area contributed by atoms with Crippen molar-refractivity contribution < 1.29 is 9.13 Å². The molecule has 0 spiro atoms. The van der Waals surface area contributed by atoms with Crippen LogP contribution in [0.5, 0.6) is 5.75 Å². The Morgan fingerprint density at radius 1 is 0.893 bits per heavy atom. The van der Waals surface area contributed by atoms with Crippen LogP contribution in [-0.2, 0) is 5.75 Å². The quantitative estimate of drug-likeness (QED) is 0.414. The van der Waals surface area contributed by atoms with Gasteiger partial charge in [0.15, 0.2) is 11.0 Å². The molecule has 0 aliphatic rings. The molecule has 4 rings (SSSR count). The van der Waals surface area contributed by atoms with E-state index in [9.17, 15) is 4.39 Å². The first-order chi connectivity index (χ1) is 13.8. The molecule has 0 N–H and O–H groups in total. The fourth-order valence-corrected chi connectivity index (χ4v) is 3.87. The van der Waals surface area contributed by atoms with E-state index >= 15 is 0 Å². The van der Waals surface area contributed by atoms with Gasteiger partial charge in [-0.1, -0.05) is 48.2 Å². The van der Waals surface area contributed by atoms with Crippen LogP contribution in [0.3, 0.4) is 0 Å². The van der Waals surface area contributed by atoms with Gasteiger partial charge >= 0.3 is 0 Å². The number of methoxy groups -OCH3 is 1. The van der Waals surface area contributed by atoms with Crippen molar-refractivity contribution in [3.8, 4) is 22.8 Å². The number of halogens is 1. The van der Waals surface area contributed by atoms with E-state index in [-0.39, 0.29) is 5.82 Å². The van der Waals surface area contributed by atoms with E-state index in [1.165, 1.54) is 12.1 Å². The predicted octanol–water partition coefficient (Wildman–Crippen LogP) is 5.37. The van der Waals surface area contributed by atoms with Gasteiger partial charge in [0.25, 0.3) is 0 Å². The standard InChI is InChI=1S/C22H18FN3OS/c1-27-20-10-6-5-7-17(20)15-28-22-25-24-21(16-11-13-18(23)14-12-16)26(22)19-8-3-2-4-9-19/h2-14H,15H2,1H3. The van der Waals surface area contributed by atoms with Crippen molar-refractivity contribution in [1.82, 2.24) is 14.8 Å². The highest BCUT2D eigenvalue weighted by Crippen LogP contribution is 2.31. The monoisotopic (exact) mass is 391 g/mol. The molecular weight excluding hydrogens is 373 g/mol. The number of para-hydroxylation sites is 2. The van der Waals surface area contributed by atoms with E-state index < -0.39 is 0 Å². The third-order valence-corrected chi connectivity index (χ3v) is 5.28. The van der Waals surface area contributed by atoms with Crippen LogP contribution < -0.4 is 4.74 Å². The van der Waals surface area contributed by atoms with Crippen molar-refractivity contribution in [2.45, 2.75) is 10.9 Å². The van der Waals surface area contributed by atoms with Gasteiger partial charge in [0, 0.05) is 22.6 Å². The first kappa shape index (κ1) is 18.3. The first-order valence-corrected chi connectivity index (χ1v) is 9.76. The smallest absolute Gasteiger partial charge is 0.196 e. The number of rotatable bonds is 6. The maximum Gasteiger partial charge on any atom is 0.196 e. The van der Waals surface area contributed by atoms with E-state index in [1.807, 2.05) is 59.2 Å². The Hall–Kier alpha value is -3.12. The van der Waals surface area contributed by atoms with E-state index in [4.69, 9.17) is 4.74 Å². The van der Waals surface area contributed by atoms with Crippen LogP contribution >= 0.6 is 11.8 Å². The van der Waals surface area contributed by atoms with Gasteiger partial charge in [-0.2, -0.15) is 0 Å². The number of aromatic nitrogens is 3. The number of benzene rings is 3. The molecule has 0 amide bonds. The Kier molecular flexibility index (Phi) is 5.39. The number of hydrogen-bond donors (Lipinski definition) is 0. The minimum absolute atomic E-state index is 0.278. The van der Waals surface area contributed by atoms with Gasteiger partial charge in [-0.3, -0.25) is 4.57 Å². The van der Waals surface area contributed by atoms with Crippen molar-refractivity contribution in [3.05, 3.63) is 90.2 Å². The van der Waals surface area contributed by atoms with Gasteiger partial charge in [0.1, 0.15) is 11.6 Å². The summed E-state index contributed by atoms with van der Waals surface area (Å²) in [4.78, 5) is 0. The lowest BCUT2D eigenvalue weighted by molar-refractivity contribution is 0.411. The van der Waals surface area contributed by atoms with Gasteiger partial charge in [0.2, 0.25) is 0 Å². The topological polar surface area (TPSA) is 39.9 Å². The Bertz CT molecular complexity index is 1060. The maximum atomic E-state index is 13.4. The predicted molar refractivity (Wildman–Crippen MR) is 109 cm³/mol. The molecule has 0 aliphatic carbocycles. The van der Waals surface area contributed by atoms with Crippen molar-refractivity contribution in [2.75, 3.05) is 7.11 Å². The van der Waals surface area contributed by atoms with Gasteiger partial charge < -0.3 is 4.74 Å². The number of thioether (sulfide) groups is 1. The summed E-state index contributed by atoms with van der Waals surface area (Å²) in [7, 11) is 1.67. The lowest BCUT2D eigenvalue weighted by Gasteiger charge is -2.11. The van der Waals surface area contributed by atoms with Crippen LogP contribution in [0.2, 0.25) is 0 Å². The molecule has 0 atom stereocenters. The zero-order chi connectivity index (χ0) is 19.3. The fourth-order valence-electron chi connectivity index (χ4n) is 2.92. The molecule has 1 heterocycles. The van der Waals surface area contributed by atoms with Crippen LogP contribution in [0, 0.1) is 5.82 Å². The third kappa shape index (κ3) is 3.77. The van der Waals surface area contributed by atoms with Crippen molar-refractivity contribution >= 4 is 11.8 Å². The van der Waals surface area contributed by atoms with Gasteiger partial charge in [-0.05, 0) is 42.5 Å². The number of hydrogen-bond acceptors (Lipinski definition) is 4. The molecule has 140 valence electrons. The minimum atomic E-state index is -0.278. The Labute approximate surface area is 167 Å². The number of ether oxygens (including phenoxy) is 1. The van der Waals surface area contributed by atoms with Gasteiger partial charge in [0.05, 0.1) is 7.11 Å². The summed E-state index contributed by atoms with van der Waals surface area (Å²) in [6.45, 7) is 0. The maximum absolute atomic E-state index is 13.4. The lowest BCUT2D eigenvalue weighted by Crippen LogP contribution is -2.00. The summed E-state index contributed by atoms with van der Waals surface area (Å²) in [5.74, 6) is 1.94. The molecule has 0 fully saturated rings. The molecule has 0 saturated heterocycles. The van der Waals surface area contributed by atoms with Crippen molar-refractivity contribution in [3.63, 3.8) is 0 Å². The van der Waals surface area contributed by atoms with Crippen LogP contribution in [0.15, 0.2) is 84.0 Å². The highest BCUT2D eigenvalue weighted by atomic mass is 32.2. The molecule has 0 radical (unpaired) electrons. The molecule has 1 aromatic heterocycles. The normalized spacial score (nSPS) is 10.8. The fraction of sp³-hybridized carbons (Fsp3) is 0.0909. The van der Waals surface area contributed by atoms with Crippen LogP contribution in [0.1, 0.15) is 5.56 Å². The van der Waals surface area contributed by atoms with Crippen LogP contribution in [0.4, 0.5) is 4.39 Å². The van der Waals surface area contributed by atoms with Gasteiger partial charge in [-0.15, -0.1) is 10.2 Å². The molecule has 28 heavy (non-hydrogen) atoms. The van der Waals surface area contributed by atoms with E-state index in [1.54, 1.807) is 31.0 Å². The lowest BCUT2D eigenvalue weighted by atomic mass is 10.2. The van der Waals surface area contributed by atoms with Crippen LogP contribution in [-0.4, -0.2) is 21.9 Å². The molecule has 0 unspecified atom stereocenters. The average molecular weight is 391 g/mol. The molecule has 3 aromatic carbocycles. The van der Waals surface area contributed by atoms with Crippen molar-refractivity contribution in [1.29, 1.82) is 0 Å². The Morgan fingerprint density at radius 3 is 2.36 bits per heavy atom. The summed E-state index contributed by atoms with van der Waals surface area (Å²) in [6.07, 6.45) is 0. The van der Waals surface area contributed by atoms with E-state index in [2.05, 4.69) is 10.2 Å². The second kappa shape index (κ2) is 8.27. The summed E-state index contributed by atoms with van der Waals surface area (Å²) in [6, 6.07) is 24.1. The third-order valence-electron chi connectivity index (χ3n) is 4.30. The summed E-state index contributed by atoms with van der Waals surface area (Å²) >= 11 is 1.58. The first-order valence-electron chi connectivity index (χ1n) is 8.78. The minimum Gasteiger partial charge on any atom is -0.496 e. The average Bonchev–Trinajstić information content (AvgIpc) is 3.17. The van der Waals surface area contributed by atoms with Crippen LogP contribution in [0.25, 0.3) is 17.1 Å². The van der Waals surface area contributed by atoms with E-state index in [0.717, 1.165) is 27.7 Å². The molecule has 4 aromatic rings. The second-order valence-electron chi connectivity index (χ2n) is 6.08. The molecule has 0 aliphatic heterocycles. The molecule has 6 heteroatoms. The highest BCUT2D eigenvalue weighted by molar-refractivity contribution is 7.98. The zero-order valence-electron chi connectivity index (χ0n) is 15.2. The summed E-state index contributed by atoms with van der Waals surface area (Å²) in [5.41, 5.74) is 2.84. The SMILES string of the molecule is COc1ccccc1CSc1nnc(-c2ccc(F)cc2)n1-c1ccccc1. The second-order valence-corrected chi connectivity index (χ2v) is 7.03.